The summed E-state index contributed by atoms with van der Waals surface area (Å²) in [6.07, 6.45) is 0.722. The second-order valence-electron chi connectivity index (χ2n) is 4.10. The molecule has 1 atom stereocenters. The van der Waals surface area contributed by atoms with Gasteiger partial charge in [-0.15, -0.1) is 0 Å². The molecule has 0 aliphatic carbocycles. The Balaban J connectivity index is 2.56. The predicted molar refractivity (Wildman–Crippen MR) is 78.2 cm³/mol. The summed E-state index contributed by atoms with van der Waals surface area (Å²) in [5, 5.41) is 2.69. The standard InChI is InChI=1S/C13H20N2O4S/c1-18-7-3-6-15-13(16)9-20(17)12-5-4-10(14)8-11(12)19-2/h4-5,8H,3,6-7,9,14H2,1-2H3,(H,15,16). The third-order valence-electron chi connectivity index (χ3n) is 2.54. The maximum atomic E-state index is 12.1. The Morgan fingerprint density at radius 2 is 2.15 bits per heavy atom. The number of hydrogen-bond acceptors (Lipinski definition) is 5. The Bertz CT molecular complexity index is 479. The molecule has 3 N–H and O–H groups in total. The summed E-state index contributed by atoms with van der Waals surface area (Å²) >= 11 is 0. The zero-order valence-corrected chi connectivity index (χ0v) is 12.5. The van der Waals surface area contributed by atoms with Gasteiger partial charge in [0.25, 0.3) is 0 Å². The number of rotatable bonds is 8. The number of anilines is 1. The van der Waals surface area contributed by atoms with E-state index in [4.69, 9.17) is 15.2 Å². The molecule has 112 valence electrons. The highest BCUT2D eigenvalue weighted by Crippen LogP contribution is 2.24. The van der Waals surface area contributed by atoms with E-state index in [1.54, 1.807) is 25.3 Å². The highest BCUT2D eigenvalue weighted by atomic mass is 32.2. The van der Waals surface area contributed by atoms with Gasteiger partial charge in [0.05, 0.1) is 22.8 Å². The molecule has 0 heterocycles. The van der Waals surface area contributed by atoms with Gasteiger partial charge in [-0.25, -0.2) is 0 Å². The number of hydrogen-bond donors (Lipinski definition) is 2. The molecule has 1 amide bonds. The normalized spacial score (nSPS) is 11.9. The van der Waals surface area contributed by atoms with Crippen molar-refractivity contribution < 1.29 is 18.5 Å². The lowest BCUT2D eigenvalue weighted by Crippen LogP contribution is -2.29. The van der Waals surface area contributed by atoms with Crippen molar-refractivity contribution in [1.82, 2.24) is 5.32 Å². The van der Waals surface area contributed by atoms with Crippen LogP contribution in [-0.4, -0.2) is 43.2 Å². The Hall–Kier alpha value is -1.60. The number of ether oxygens (including phenoxy) is 2. The van der Waals surface area contributed by atoms with Crippen molar-refractivity contribution in [2.45, 2.75) is 11.3 Å². The Labute approximate surface area is 121 Å². The summed E-state index contributed by atoms with van der Waals surface area (Å²) in [5.74, 6) is 0.0570. The second kappa shape index (κ2) is 8.55. The van der Waals surface area contributed by atoms with Crippen molar-refractivity contribution in [3.63, 3.8) is 0 Å². The molecule has 1 aromatic carbocycles. The predicted octanol–water partition coefficient (Wildman–Crippen LogP) is 0.538. The SMILES string of the molecule is COCCCNC(=O)CS(=O)c1ccc(N)cc1OC. The van der Waals surface area contributed by atoms with Crippen LogP contribution in [0.25, 0.3) is 0 Å². The molecule has 0 aliphatic rings. The zero-order valence-electron chi connectivity index (χ0n) is 11.7. The van der Waals surface area contributed by atoms with Crippen molar-refractivity contribution >= 4 is 22.4 Å². The van der Waals surface area contributed by atoms with Gasteiger partial charge in [-0.05, 0) is 18.6 Å². The van der Waals surface area contributed by atoms with Gasteiger partial charge in [-0.3, -0.25) is 9.00 Å². The van der Waals surface area contributed by atoms with Gasteiger partial charge in [-0.1, -0.05) is 0 Å². The van der Waals surface area contributed by atoms with Crippen LogP contribution in [0, 0.1) is 0 Å². The van der Waals surface area contributed by atoms with Gasteiger partial charge < -0.3 is 20.5 Å². The maximum Gasteiger partial charge on any atom is 0.233 e. The van der Waals surface area contributed by atoms with Crippen LogP contribution in [-0.2, 0) is 20.3 Å². The molecule has 0 radical (unpaired) electrons. The minimum absolute atomic E-state index is 0.104. The topological polar surface area (TPSA) is 90.7 Å². The number of nitrogens with two attached hydrogens (primary N) is 1. The summed E-state index contributed by atoms with van der Waals surface area (Å²) in [6.45, 7) is 1.08. The Morgan fingerprint density at radius 1 is 1.40 bits per heavy atom. The second-order valence-corrected chi connectivity index (χ2v) is 5.52. The summed E-state index contributed by atoms with van der Waals surface area (Å²) in [4.78, 5) is 12.1. The molecular weight excluding hydrogens is 280 g/mol. The van der Waals surface area contributed by atoms with Crippen molar-refractivity contribution in [3.8, 4) is 5.75 Å². The summed E-state index contributed by atoms with van der Waals surface area (Å²) in [6, 6.07) is 4.83. The minimum Gasteiger partial charge on any atom is -0.495 e. The van der Waals surface area contributed by atoms with E-state index in [0.717, 1.165) is 6.42 Å². The molecule has 1 aromatic rings. The molecule has 0 aromatic heterocycles. The van der Waals surface area contributed by atoms with Gasteiger partial charge in [0.15, 0.2) is 0 Å². The number of nitrogens with one attached hydrogen (secondary N) is 1. The fourth-order valence-corrected chi connectivity index (χ4v) is 2.65. The average Bonchev–Trinajstić information content (AvgIpc) is 2.43. The molecule has 0 aliphatic heterocycles. The van der Waals surface area contributed by atoms with Crippen LogP contribution in [0.1, 0.15) is 6.42 Å². The fraction of sp³-hybridized carbons (Fsp3) is 0.462. The first-order chi connectivity index (χ1) is 9.58. The molecule has 0 spiro atoms. The summed E-state index contributed by atoms with van der Waals surface area (Å²) in [5.41, 5.74) is 6.15. The third-order valence-corrected chi connectivity index (χ3v) is 3.89. The van der Waals surface area contributed by atoms with Crippen LogP contribution in [0.15, 0.2) is 23.1 Å². The highest BCUT2D eigenvalue weighted by molar-refractivity contribution is 7.85. The van der Waals surface area contributed by atoms with Crippen LogP contribution in [0.2, 0.25) is 0 Å². The van der Waals surface area contributed by atoms with Crippen LogP contribution in [0.5, 0.6) is 5.75 Å². The lowest BCUT2D eigenvalue weighted by atomic mass is 10.3. The van der Waals surface area contributed by atoms with E-state index in [2.05, 4.69) is 5.32 Å². The van der Waals surface area contributed by atoms with E-state index in [-0.39, 0.29) is 11.7 Å². The average molecular weight is 300 g/mol. The molecule has 1 unspecified atom stereocenters. The highest BCUT2D eigenvalue weighted by Gasteiger charge is 2.14. The number of methoxy groups -OCH3 is 2. The number of nitrogen functional groups attached to an aromatic ring is 1. The monoisotopic (exact) mass is 300 g/mol. The van der Waals surface area contributed by atoms with Crippen LogP contribution in [0.4, 0.5) is 5.69 Å². The van der Waals surface area contributed by atoms with Crippen molar-refractivity contribution in [2.75, 3.05) is 38.9 Å². The molecule has 1 rings (SSSR count). The van der Waals surface area contributed by atoms with E-state index in [1.165, 1.54) is 7.11 Å². The molecule has 7 heteroatoms. The maximum absolute atomic E-state index is 12.1. The number of carbonyl (C=O) groups is 1. The van der Waals surface area contributed by atoms with Crippen molar-refractivity contribution in [3.05, 3.63) is 18.2 Å². The minimum atomic E-state index is -1.46. The molecule has 20 heavy (non-hydrogen) atoms. The Kier molecular flexibility index (Phi) is 7.03. The molecular formula is C13H20N2O4S. The zero-order chi connectivity index (χ0) is 15.0. The quantitative estimate of drug-likeness (QED) is 0.540. The van der Waals surface area contributed by atoms with Gasteiger partial charge in [-0.2, -0.15) is 0 Å². The number of amides is 1. The third kappa shape index (κ3) is 5.18. The largest absolute Gasteiger partial charge is 0.495 e. The molecule has 0 saturated carbocycles. The van der Waals surface area contributed by atoms with E-state index in [9.17, 15) is 9.00 Å². The number of carbonyl (C=O) groups excluding carboxylic acids is 1. The summed E-state index contributed by atoms with van der Waals surface area (Å²) < 4.78 is 22.1. The number of benzene rings is 1. The lowest BCUT2D eigenvalue weighted by molar-refractivity contribution is -0.118. The smallest absolute Gasteiger partial charge is 0.233 e. The van der Waals surface area contributed by atoms with E-state index in [0.29, 0.717) is 29.5 Å². The first-order valence-electron chi connectivity index (χ1n) is 6.16. The lowest BCUT2D eigenvalue weighted by Gasteiger charge is -2.09. The summed E-state index contributed by atoms with van der Waals surface area (Å²) in [7, 11) is 1.61. The van der Waals surface area contributed by atoms with E-state index >= 15 is 0 Å². The van der Waals surface area contributed by atoms with Crippen molar-refractivity contribution in [1.29, 1.82) is 0 Å². The fourth-order valence-electron chi connectivity index (χ4n) is 1.56. The molecule has 0 saturated heterocycles. The van der Waals surface area contributed by atoms with Crippen LogP contribution >= 0.6 is 0 Å². The molecule has 0 bridgehead atoms. The molecule has 0 fully saturated rings. The van der Waals surface area contributed by atoms with E-state index < -0.39 is 10.8 Å². The van der Waals surface area contributed by atoms with Gasteiger partial charge in [0.2, 0.25) is 5.91 Å². The van der Waals surface area contributed by atoms with Crippen molar-refractivity contribution in [2.24, 2.45) is 0 Å². The molecule has 6 nitrogen and oxygen atoms in total. The van der Waals surface area contributed by atoms with Gasteiger partial charge in [0.1, 0.15) is 11.5 Å². The van der Waals surface area contributed by atoms with Gasteiger partial charge in [0, 0.05) is 32.0 Å². The first kappa shape index (κ1) is 16.5. The van der Waals surface area contributed by atoms with Crippen LogP contribution < -0.4 is 15.8 Å². The van der Waals surface area contributed by atoms with Crippen LogP contribution in [0.3, 0.4) is 0 Å². The van der Waals surface area contributed by atoms with E-state index in [1.807, 2.05) is 0 Å². The van der Waals surface area contributed by atoms with Gasteiger partial charge >= 0.3 is 0 Å². The first-order valence-corrected chi connectivity index (χ1v) is 7.48. The Morgan fingerprint density at radius 3 is 2.80 bits per heavy atom.